The summed E-state index contributed by atoms with van der Waals surface area (Å²) in [7, 11) is 6.17. The monoisotopic (exact) mass is 465 g/mol. The van der Waals surface area contributed by atoms with Gasteiger partial charge in [0.2, 0.25) is 0 Å². The van der Waals surface area contributed by atoms with Gasteiger partial charge in [-0.15, -0.1) is 24.0 Å². The lowest BCUT2D eigenvalue weighted by Crippen LogP contribution is -2.55. The third-order valence-electron chi connectivity index (χ3n) is 4.29. The van der Waals surface area contributed by atoms with Crippen LogP contribution >= 0.6 is 24.0 Å². The quantitative estimate of drug-likeness (QED) is 0.261. The summed E-state index contributed by atoms with van der Waals surface area (Å²) < 4.78 is 10.8. The first-order valence-corrected chi connectivity index (χ1v) is 8.62. The third-order valence-corrected chi connectivity index (χ3v) is 4.29. The highest BCUT2D eigenvalue weighted by Gasteiger charge is 2.21. The first-order valence-electron chi connectivity index (χ1n) is 8.62. The number of halogens is 1. The summed E-state index contributed by atoms with van der Waals surface area (Å²) >= 11 is 0. The van der Waals surface area contributed by atoms with Gasteiger partial charge in [-0.1, -0.05) is 0 Å². The highest BCUT2D eigenvalue weighted by molar-refractivity contribution is 14.0. The molecule has 2 heterocycles. The van der Waals surface area contributed by atoms with E-state index in [0.29, 0.717) is 19.3 Å². The molecule has 2 N–H and O–H groups in total. The molecule has 7 nitrogen and oxygen atoms in total. The molecule has 2 rings (SSSR count). The van der Waals surface area contributed by atoms with Crippen molar-refractivity contribution in [3.05, 3.63) is 24.2 Å². The van der Waals surface area contributed by atoms with E-state index in [1.54, 1.807) is 13.3 Å². The fraction of sp³-hybridized carbons (Fsp3) is 0.706. The molecule has 1 aliphatic heterocycles. The summed E-state index contributed by atoms with van der Waals surface area (Å²) in [6.07, 6.45) is 2.59. The van der Waals surface area contributed by atoms with Crippen molar-refractivity contribution in [3.63, 3.8) is 0 Å². The molecule has 8 heteroatoms. The molecule has 1 aromatic heterocycles. The van der Waals surface area contributed by atoms with Crippen LogP contribution in [-0.2, 0) is 11.3 Å². The zero-order chi connectivity index (χ0) is 17.2. The van der Waals surface area contributed by atoms with Gasteiger partial charge in [0.25, 0.3) is 0 Å². The Bertz CT molecular complexity index is 483. The minimum Gasteiger partial charge on any atom is -0.467 e. The number of ether oxygens (including phenoxy) is 1. The Morgan fingerprint density at radius 1 is 1.36 bits per heavy atom. The number of guanidine groups is 1. The molecule has 0 radical (unpaired) electrons. The average molecular weight is 465 g/mol. The van der Waals surface area contributed by atoms with Gasteiger partial charge in [0.1, 0.15) is 12.4 Å². The van der Waals surface area contributed by atoms with E-state index in [4.69, 9.17) is 9.15 Å². The van der Waals surface area contributed by atoms with Crippen LogP contribution in [0, 0.1) is 0 Å². The Labute approximate surface area is 168 Å². The summed E-state index contributed by atoms with van der Waals surface area (Å²) in [5.41, 5.74) is 0. The van der Waals surface area contributed by atoms with Gasteiger partial charge in [-0.25, -0.2) is 0 Å². The van der Waals surface area contributed by atoms with Gasteiger partial charge in [-0.3, -0.25) is 9.89 Å². The summed E-state index contributed by atoms with van der Waals surface area (Å²) in [4.78, 5) is 9.06. The summed E-state index contributed by atoms with van der Waals surface area (Å²) in [5.74, 6) is 1.71. The van der Waals surface area contributed by atoms with E-state index < -0.39 is 0 Å². The van der Waals surface area contributed by atoms with Gasteiger partial charge in [0.15, 0.2) is 5.96 Å². The Kier molecular flexibility index (Phi) is 11.1. The molecule has 144 valence electrons. The molecule has 0 amide bonds. The van der Waals surface area contributed by atoms with Crippen molar-refractivity contribution < 1.29 is 9.15 Å². The molecule has 0 aromatic carbocycles. The van der Waals surface area contributed by atoms with Gasteiger partial charge in [0.05, 0.1) is 6.26 Å². The number of rotatable bonds is 8. The van der Waals surface area contributed by atoms with Crippen LogP contribution in [0.4, 0.5) is 0 Å². The molecule has 0 aliphatic carbocycles. The van der Waals surface area contributed by atoms with Gasteiger partial charge in [-0.2, -0.15) is 0 Å². The molecule has 0 saturated carbocycles. The maximum atomic E-state index is 5.57. The van der Waals surface area contributed by atoms with E-state index in [1.807, 2.05) is 12.1 Å². The van der Waals surface area contributed by atoms with Crippen LogP contribution in [0.15, 0.2) is 27.8 Å². The molecule has 1 atom stereocenters. The highest BCUT2D eigenvalue weighted by Crippen LogP contribution is 2.04. The Morgan fingerprint density at radius 2 is 2.20 bits per heavy atom. The smallest absolute Gasteiger partial charge is 0.191 e. The van der Waals surface area contributed by atoms with Crippen LogP contribution < -0.4 is 10.6 Å². The van der Waals surface area contributed by atoms with Crippen LogP contribution in [0.2, 0.25) is 0 Å². The first-order chi connectivity index (χ1) is 11.7. The Balaban J connectivity index is 0.00000312. The van der Waals surface area contributed by atoms with Crippen molar-refractivity contribution in [2.24, 2.45) is 4.99 Å². The lowest BCUT2D eigenvalue weighted by Gasteiger charge is -2.37. The topological polar surface area (TPSA) is 65.3 Å². The summed E-state index contributed by atoms with van der Waals surface area (Å²) in [6.45, 7) is 6.29. The van der Waals surface area contributed by atoms with E-state index in [-0.39, 0.29) is 24.0 Å². The molecule has 1 unspecified atom stereocenters. The fourth-order valence-electron chi connectivity index (χ4n) is 2.71. The third kappa shape index (κ3) is 8.39. The van der Waals surface area contributed by atoms with Crippen LogP contribution in [0.3, 0.4) is 0 Å². The number of likely N-dealkylation sites (N-methyl/N-ethyl adjacent to an activating group) is 2. The maximum Gasteiger partial charge on any atom is 0.191 e. The molecular weight excluding hydrogens is 433 g/mol. The van der Waals surface area contributed by atoms with Crippen LogP contribution in [0.1, 0.15) is 12.2 Å². The van der Waals surface area contributed by atoms with E-state index in [0.717, 1.165) is 50.9 Å². The van der Waals surface area contributed by atoms with E-state index in [2.05, 4.69) is 39.5 Å². The Morgan fingerprint density at radius 3 is 2.92 bits per heavy atom. The number of nitrogens with zero attached hydrogens (tertiary/aromatic N) is 3. The molecule has 25 heavy (non-hydrogen) atoms. The minimum atomic E-state index is 0. The zero-order valence-corrected chi connectivity index (χ0v) is 17.9. The molecule has 0 bridgehead atoms. The number of hydrogen-bond acceptors (Lipinski definition) is 5. The molecular formula is C17H32IN5O2. The predicted molar refractivity (Wildman–Crippen MR) is 112 cm³/mol. The van der Waals surface area contributed by atoms with Gasteiger partial charge >= 0.3 is 0 Å². The van der Waals surface area contributed by atoms with Gasteiger partial charge in [-0.05, 0) is 32.6 Å². The molecule has 1 fully saturated rings. The summed E-state index contributed by atoms with van der Waals surface area (Å²) in [6, 6.07) is 4.31. The zero-order valence-electron chi connectivity index (χ0n) is 15.5. The van der Waals surface area contributed by atoms with E-state index in [1.165, 1.54) is 0 Å². The van der Waals surface area contributed by atoms with Crippen molar-refractivity contribution >= 4 is 29.9 Å². The average Bonchev–Trinajstić information content (AvgIpc) is 3.09. The SMILES string of the molecule is CN=C(NCCCOCc1ccco1)NCC1CN(C)CCN1C.I. The number of aliphatic imine (C=N–C) groups is 1. The molecule has 1 aromatic rings. The summed E-state index contributed by atoms with van der Waals surface area (Å²) in [5, 5.41) is 6.75. The predicted octanol–water partition coefficient (Wildman–Crippen LogP) is 1.22. The van der Waals surface area contributed by atoms with Gasteiger partial charge < -0.3 is 24.7 Å². The second-order valence-electron chi connectivity index (χ2n) is 6.26. The lowest BCUT2D eigenvalue weighted by atomic mass is 10.2. The van der Waals surface area contributed by atoms with E-state index in [9.17, 15) is 0 Å². The van der Waals surface area contributed by atoms with Crippen LogP contribution in [-0.4, -0.2) is 82.3 Å². The number of furan rings is 1. The number of hydrogen-bond donors (Lipinski definition) is 2. The highest BCUT2D eigenvalue weighted by atomic mass is 127. The first kappa shape index (κ1) is 22.2. The molecule has 1 aliphatic rings. The maximum absolute atomic E-state index is 5.57. The number of piperazine rings is 1. The minimum absolute atomic E-state index is 0. The largest absolute Gasteiger partial charge is 0.467 e. The lowest BCUT2D eigenvalue weighted by molar-refractivity contribution is 0.104. The fourth-order valence-corrected chi connectivity index (χ4v) is 2.71. The van der Waals surface area contributed by atoms with Gasteiger partial charge in [0, 0.05) is 52.4 Å². The standard InChI is InChI=1S/C17H31N5O2.HI/c1-18-17(20-12-15-13-21(2)8-9-22(15)3)19-7-5-10-23-14-16-6-4-11-24-16;/h4,6,11,15H,5,7-10,12-14H2,1-3H3,(H2,18,19,20);1H. The molecule has 1 saturated heterocycles. The number of nitrogens with one attached hydrogen (secondary N) is 2. The van der Waals surface area contributed by atoms with Crippen molar-refractivity contribution in [2.75, 3.05) is 60.5 Å². The van der Waals surface area contributed by atoms with E-state index >= 15 is 0 Å². The molecule has 0 spiro atoms. The van der Waals surface area contributed by atoms with Crippen LogP contribution in [0.25, 0.3) is 0 Å². The van der Waals surface area contributed by atoms with Crippen molar-refractivity contribution in [1.82, 2.24) is 20.4 Å². The second-order valence-corrected chi connectivity index (χ2v) is 6.26. The van der Waals surface area contributed by atoms with Crippen LogP contribution in [0.5, 0.6) is 0 Å². The Hall–Kier alpha value is -0.840. The normalized spacial score (nSPS) is 19.5. The van der Waals surface area contributed by atoms with Crippen molar-refractivity contribution in [1.29, 1.82) is 0 Å². The van der Waals surface area contributed by atoms with Crippen molar-refractivity contribution in [3.8, 4) is 0 Å². The second kappa shape index (κ2) is 12.5. The van der Waals surface area contributed by atoms with Crippen molar-refractivity contribution in [2.45, 2.75) is 19.1 Å².